The van der Waals surface area contributed by atoms with Gasteiger partial charge in [0, 0.05) is 25.1 Å². The Morgan fingerprint density at radius 3 is 2.73 bits per heavy atom. The van der Waals surface area contributed by atoms with Crippen molar-refractivity contribution in [3.05, 3.63) is 63.1 Å². The van der Waals surface area contributed by atoms with Gasteiger partial charge in [-0.1, -0.05) is 35.1 Å². The Labute approximate surface area is 158 Å². The molecule has 0 unspecified atom stereocenters. The molecule has 134 valence electrons. The van der Waals surface area contributed by atoms with E-state index >= 15 is 0 Å². The number of amides is 1. The molecule has 2 heterocycles. The number of carbonyl (C=O) groups is 1. The summed E-state index contributed by atoms with van der Waals surface area (Å²) >= 11 is 7.39. The molecule has 3 rings (SSSR count). The zero-order valence-electron chi connectivity index (χ0n) is 14.0. The molecule has 0 spiro atoms. The molecule has 0 bridgehead atoms. The van der Waals surface area contributed by atoms with E-state index in [0.29, 0.717) is 22.3 Å². The number of aromatic nitrogens is 4. The van der Waals surface area contributed by atoms with Gasteiger partial charge in [-0.15, -0.1) is 10.2 Å². The van der Waals surface area contributed by atoms with Crippen LogP contribution in [-0.2, 0) is 18.3 Å². The summed E-state index contributed by atoms with van der Waals surface area (Å²) in [6.45, 7) is 1.82. The Morgan fingerprint density at radius 2 is 2.08 bits per heavy atom. The highest BCUT2D eigenvalue weighted by atomic mass is 35.5. The quantitative estimate of drug-likeness (QED) is 0.674. The summed E-state index contributed by atoms with van der Waals surface area (Å²) in [5.41, 5.74) is 2.35. The molecule has 0 aliphatic rings. The summed E-state index contributed by atoms with van der Waals surface area (Å²) in [6.07, 6.45) is 3.51. The molecule has 0 aliphatic heterocycles. The van der Waals surface area contributed by atoms with E-state index in [1.807, 2.05) is 6.92 Å². The summed E-state index contributed by atoms with van der Waals surface area (Å²) in [4.78, 5) is 12.0. The van der Waals surface area contributed by atoms with Crippen molar-refractivity contribution in [2.45, 2.75) is 13.3 Å². The van der Waals surface area contributed by atoms with Gasteiger partial charge in [0.15, 0.2) is 0 Å². The second-order valence-electron chi connectivity index (χ2n) is 5.54. The van der Waals surface area contributed by atoms with E-state index in [4.69, 9.17) is 11.6 Å². The molecule has 2 aromatic heterocycles. The molecule has 6 nitrogen and oxygen atoms in total. The Bertz CT molecular complexity index is 964. The molecule has 1 aromatic carbocycles. The molecule has 0 atom stereocenters. The van der Waals surface area contributed by atoms with E-state index in [1.165, 1.54) is 29.5 Å². The highest BCUT2D eigenvalue weighted by Crippen LogP contribution is 2.21. The number of halogens is 2. The predicted octanol–water partition coefficient (Wildman–Crippen LogP) is 3.62. The van der Waals surface area contributed by atoms with E-state index in [0.717, 1.165) is 16.3 Å². The molecule has 3 aromatic rings. The smallest absolute Gasteiger partial charge is 0.250 e. The number of anilines is 1. The molecule has 1 N–H and O–H groups in total. The van der Waals surface area contributed by atoms with Crippen LogP contribution < -0.4 is 5.32 Å². The van der Waals surface area contributed by atoms with Crippen LogP contribution in [-0.4, -0.2) is 25.9 Å². The van der Waals surface area contributed by atoms with Crippen LogP contribution in [0, 0.1) is 12.7 Å². The fourth-order valence-corrected chi connectivity index (χ4v) is 3.31. The van der Waals surface area contributed by atoms with Gasteiger partial charge >= 0.3 is 0 Å². The highest BCUT2D eigenvalue weighted by molar-refractivity contribution is 7.15. The maximum absolute atomic E-state index is 12.9. The first-order chi connectivity index (χ1) is 12.4. The second kappa shape index (κ2) is 7.76. The van der Waals surface area contributed by atoms with Crippen LogP contribution >= 0.6 is 22.9 Å². The number of hydrogen-bond acceptors (Lipinski definition) is 5. The van der Waals surface area contributed by atoms with Gasteiger partial charge in [0.05, 0.1) is 5.69 Å². The van der Waals surface area contributed by atoms with Crippen molar-refractivity contribution in [1.82, 2.24) is 20.0 Å². The van der Waals surface area contributed by atoms with Crippen molar-refractivity contribution < 1.29 is 9.18 Å². The maximum atomic E-state index is 12.9. The van der Waals surface area contributed by atoms with Crippen LogP contribution in [0.1, 0.15) is 21.8 Å². The Hall–Kier alpha value is -2.58. The molecule has 0 aliphatic carbocycles. The third kappa shape index (κ3) is 4.33. The van der Waals surface area contributed by atoms with Gasteiger partial charge in [0.25, 0.3) is 0 Å². The number of benzene rings is 1. The third-order valence-corrected chi connectivity index (χ3v) is 4.85. The van der Waals surface area contributed by atoms with Crippen LogP contribution in [0.25, 0.3) is 6.08 Å². The average molecular weight is 392 g/mol. The Morgan fingerprint density at radius 1 is 1.35 bits per heavy atom. The first kappa shape index (κ1) is 18.2. The first-order valence-electron chi connectivity index (χ1n) is 7.67. The largest absolute Gasteiger partial charge is 0.297 e. The van der Waals surface area contributed by atoms with E-state index in [-0.39, 0.29) is 11.7 Å². The van der Waals surface area contributed by atoms with Crippen LogP contribution in [0.15, 0.2) is 30.3 Å². The van der Waals surface area contributed by atoms with Gasteiger partial charge < -0.3 is 0 Å². The minimum atomic E-state index is -0.339. The number of nitrogens with zero attached hydrogens (tertiary/aromatic N) is 4. The minimum absolute atomic E-state index is 0.283. The van der Waals surface area contributed by atoms with Crippen molar-refractivity contribution in [3.63, 3.8) is 0 Å². The number of hydrogen-bond donors (Lipinski definition) is 1. The molecule has 26 heavy (non-hydrogen) atoms. The monoisotopic (exact) mass is 391 g/mol. The molecule has 1 amide bonds. The standard InChI is InChI=1S/C17H15ClFN5OS/c1-10-13(16(18)24(2)23-10)7-8-14(25)20-17-22-21-15(26-17)9-11-3-5-12(19)6-4-11/h3-8H,9H2,1-2H3,(H,20,22,25). The lowest BCUT2D eigenvalue weighted by atomic mass is 10.2. The summed E-state index contributed by atoms with van der Waals surface area (Å²) in [7, 11) is 1.73. The lowest BCUT2D eigenvalue weighted by Gasteiger charge is -1.97. The molecular weight excluding hydrogens is 377 g/mol. The molecule has 0 radical (unpaired) electrons. The van der Waals surface area contributed by atoms with Gasteiger partial charge in [-0.3, -0.25) is 14.8 Å². The number of rotatable bonds is 5. The van der Waals surface area contributed by atoms with Crippen molar-refractivity contribution in [2.24, 2.45) is 7.05 Å². The lowest BCUT2D eigenvalue weighted by Crippen LogP contribution is -2.07. The zero-order chi connectivity index (χ0) is 18.7. The summed E-state index contributed by atoms with van der Waals surface area (Å²) in [5.74, 6) is -0.622. The fraction of sp³-hybridized carbons (Fsp3) is 0.176. The number of carbonyl (C=O) groups excluding carboxylic acids is 1. The topological polar surface area (TPSA) is 72.7 Å². The molecule has 0 saturated heterocycles. The fourth-order valence-electron chi connectivity index (χ4n) is 2.29. The molecular formula is C17H15ClFN5OS. The van der Waals surface area contributed by atoms with Crippen LogP contribution in [0.5, 0.6) is 0 Å². The van der Waals surface area contributed by atoms with Gasteiger partial charge in [-0.2, -0.15) is 5.10 Å². The summed E-state index contributed by atoms with van der Waals surface area (Å²) in [6, 6.07) is 6.18. The Balaban J connectivity index is 1.62. The van der Waals surface area contributed by atoms with Crippen LogP contribution in [0.2, 0.25) is 5.15 Å². The molecule has 9 heteroatoms. The van der Waals surface area contributed by atoms with E-state index < -0.39 is 0 Å². The van der Waals surface area contributed by atoms with Gasteiger partial charge in [-0.25, -0.2) is 4.39 Å². The lowest BCUT2D eigenvalue weighted by molar-refractivity contribution is -0.111. The van der Waals surface area contributed by atoms with Gasteiger partial charge in [-0.05, 0) is 30.7 Å². The first-order valence-corrected chi connectivity index (χ1v) is 8.87. The van der Waals surface area contributed by atoms with Crippen LogP contribution in [0.3, 0.4) is 0 Å². The minimum Gasteiger partial charge on any atom is -0.297 e. The molecule has 0 fully saturated rings. The summed E-state index contributed by atoms with van der Waals surface area (Å²) < 4.78 is 14.5. The normalized spacial score (nSPS) is 11.2. The van der Waals surface area contributed by atoms with E-state index in [9.17, 15) is 9.18 Å². The van der Waals surface area contributed by atoms with Crippen molar-refractivity contribution in [3.8, 4) is 0 Å². The van der Waals surface area contributed by atoms with E-state index in [2.05, 4.69) is 20.6 Å². The SMILES string of the molecule is Cc1nn(C)c(Cl)c1C=CC(=O)Nc1nnc(Cc2ccc(F)cc2)s1. The average Bonchev–Trinajstić information content (AvgIpc) is 3.12. The van der Waals surface area contributed by atoms with Gasteiger partial charge in [0.1, 0.15) is 16.0 Å². The Kier molecular flexibility index (Phi) is 5.43. The van der Waals surface area contributed by atoms with Crippen molar-refractivity contribution >= 4 is 40.1 Å². The van der Waals surface area contributed by atoms with Crippen molar-refractivity contribution in [2.75, 3.05) is 5.32 Å². The van der Waals surface area contributed by atoms with Crippen LogP contribution in [0.4, 0.5) is 9.52 Å². The van der Waals surface area contributed by atoms with E-state index in [1.54, 1.807) is 29.9 Å². The summed E-state index contributed by atoms with van der Waals surface area (Å²) in [5, 5.41) is 16.4. The third-order valence-electron chi connectivity index (χ3n) is 3.56. The van der Waals surface area contributed by atoms with Gasteiger partial charge in [0.2, 0.25) is 11.0 Å². The predicted molar refractivity (Wildman–Crippen MR) is 99.7 cm³/mol. The number of aryl methyl sites for hydroxylation is 2. The van der Waals surface area contributed by atoms with Crippen molar-refractivity contribution in [1.29, 1.82) is 0 Å². The number of nitrogens with one attached hydrogen (secondary N) is 1. The second-order valence-corrected chi connectivity index (χ2v) is 6.96. The zero-order valence-corrected chi connectivity index (χ0v) is 15.6. The molecule has 0 saturated carbocycles. The maximum Gasteiger partial charge on any atom is 0.250 e. The highest BCUT2D eigenvalue weighted by Gasteiger charge is 2.10.